The zero-order valence-electron chi connectivity index (χ0n) is 11.3. The summed E-state index contributed by atoms with van der Waals surface area (Å²) in [5.41, 5.74) is 1.38. The number of nitrogens with zero attached hydrogens (tertiary/aromatic N) is 2. The summed E-state index contributed by atoms with van der Waals surface area (Å²) in [6.07, 6.45) is 3.06. The van der Waals surface area contributed by atoms with Crippen molar-refractivity contribution in [3.63, 3.8) is 0 Å². The Morgan fingerprint density at radius 1 is 1.43 bits per heavy atom. The van der Waals surface area contributed by atoms with E-state index in [-0.39, 0.29) is 5.82 Å². The number of hydrogen-bond donors (Lipinski definition) is 1. The zero-order valence-corrected chi connectivity index (χ0v) is 11.3. The monoisotopic (exact) mass is 290 g/mol. The summed E-state index contributed by atoms with van der Waals surface area (Å²) in [5.74, 6) is -0.697. The van der Waals surface area contributed by atoms with Gasteiger partial charge in [0.25, 0.3) is 0 Å². The van der Waals surface area contributed by atoms with Gasteiger partial charge in [0, 0.05) is 12.1 Å². The van der Waals surface area contributed by atoms with Gasteiger partial charge in [0.2, 0.25) is 5.89 Å². The van der Waals surface area contributed by atoms with Crippen molar-refractivity contribution in [3.05, 3.63) is 42.0 Å². The first-order valence-corrected chi connectivity index (χ1v) is 6.80. The lowest BCUT2D eigenvalue weighted by Gasteiger charge is -2.19. The minimum absolute atomic E-state index is 0.313. The molecule has 1 unspecified atom stereocenters. The van der Waals surface area contributed by atoms with E-state index >= 15 is 0 Å². The van der Waals surface area contributed by atoms with Gasteiger partial charge in [-0.15, -0.1) is 0 Å². The van der Waals surface area contributed by atoms with Crippen LogP contribution in [0.2, 0.25) is 0 Å². The number of halogens is 1. The molecule has 5 nitrogen and oxygen atoms in total. The molecule has 21 heavy (non-hydrogen) atoms. The van der Waals surface area contributed by atoms with Crippen LogP contribution in [0.1, 0.15) is 18.5 Å². The smallest absolute Gasteiger partial charge is 0.320 e. The minimum atomic E-state index is -0.797. The Bertz CT molecular complexity index is 639. The Balaban J connectivity index is 1.73. The van der Waals surface area contributed by atoms with E-state index in [1.807, 2.05) is 4.90 Å². The molecular formula is C15H15FN2O3. The van der Waals surface area contributed by atoms with Gasteiger partial charge in [-0.05, 0) is 43.7 Å². The quantitative estimate of drug-likeness (QED) is 0.937. The van der Waals surface area contributed by atoms with E-state index < -0.39 is 12.0 Å². The van der Waals surface area contributed by atoms with Gasteiger partial charge in [-0.25, -0.2) is 9.37 Å². The third-order valence-electron chi connectivity index (χ3n) is 3.66. The highest BCUT2D eigenvalue weighted by atomic mass is 19.1. The van der Waals surface area contributed by atoms with Crippen molar-refractivity contribution in [2.75, 3.05) is 6.54 Å². The van der Waals surface area contributed by atoms with Crippen molar-refractivity contribution in [2.24, 2.45) is 0 Å². The van der Waals surface area contributed by atoms with Gasteiger partial charge in [0.05, 0.1) is 5.69 Å². The Hall–Kier alpha value is -2.21. The van der Waals surface area contributed by atoms with Crippen LogP contribution in [-0.4, -0.2) is 33.5 Å². The Morgan fingerprint density at radius 3 is 2.90 bits per heavy atom. The number of oxazole rings is 1. The lowest BCUT2D eigenvalue weighted by atomic mass is 10.2. The van der Waals surface area contributed by atoms with Gasteiger partial charge in [0.15, 0.2) is 0 Å². The molecule has 1 N–H and O–H groups in total. The number of likely N-dealkylation sites (tertiary alicyclic amines) is 1. The second-order valence-electron chi connectivity index (χ2n) is 5.12. The number of aromatic nitrogens is 1. The highest BCUT2D eigenvalue weighted by Gasteiger charge is 2.30. The lowest BCUT2D eigenvalue weighted by molar-refractivity contribution is -0.142. The average Bonchev–Trinajstić information content (AvgIpc) is 3.09. The van der Waals surface area contributed by atoms with Crippen LogP contribution in [0.15, 0.2) is 34.9 Å². The van der Waals surface area contributed by atoms with E-state index in [1.54, 1.807) is 12.1 Å². The van der Waals surface area contributed by atoms with Crippen LogP contribution in [0.5, 0.6) is 0 Å². The second kappa shape index (κ2) is 5.65. The first-order valence-electron chi connectivity index (χ1n) is 6.80. The number of benzene rings is 1. The van der Waals surface area contributed by atoms with Crippen molar-refractivity contribution in [1.29, 1.82) is 0 Å². The van der Waals surface area contributed by atoms with Gasteiger partial charge in [-0.2, -0.15) is 0 Å². The largest absolute Gasteiger partial charge is 0.480 e. The topological polar surface area (TPSA) is 66.6 Å². The standard InChI is InChI=1S/C15H15FN2O3/c16-11-5-3-10(4-6-11)14-17-12(9-21-14)8-18-7-1-2-13(18)15(19)20/h3-6,9,13H,1-2,7-8H2,(H,19,20). The number of hydrogen-bond acceptors (Lipinski definition) is 4. The summed E-state index contributed by atoms with van der Waals surface area (Å²) in [6.45, 7) is 1.19. The Labute approximate surface area is 121 Å². The van der Waals surface area contributed by atoms with Crippen molar-refractivity contribution >= 4 is 5.97 Å². The summed E-state index contributed by atoms with van der Waals surface area (Å²) < 4.78 is 18.3. The normalized spacial score (nSPS) is 19.0. The summed E-state index contributed by atoms with van der Waals surface area (Å²) in [4.78, 5) is 17.4. The number of carbonyl (C=O) groups is 1. The number of carboxylic acid groups (broad SMARTS) is 1. The molecule has 1 fully saturated rings. The summed E-state index contributed by atoms with van der Waals surface area (Å²) >= 11 is 0. The van der Waals surface area contributed by atoms with Crippen LogP contribution in [0, 0.1) is 5.82 Å². The second-order valence-corrected chi connectivity index (χ2v) is 5.12. The van der Waals surface area contributed by atoms with Crippen LogP contribution in [0.25, 0.3) is 11.5 Å². The summed E-state index contributed by atoms with van der Waals surface area (Å²) in [7, 11) is 0. The average molecular weight is 290 g/mol. The van der Waals surface area contributed by atoms with Crippen molar-refractivity contribution in [2.45, 2.75) is 25.4 Å². The molecule has 0 saturated carbocycles. The fourth-order valence-electron chi connectivity index (χ4n) is 2.61. The molecule has 0 amide bonds. The van der Waals surface area contributed by atoms with Crippen molar-refractivity contribution in [1.82, 2.24) is 9.88 Å². The lowest BCUT2D eigenvalue weighted by Crippen LogP contribution is -2.35. The third-order valence-corrected chi connectivity index (χ3v) is 3.66. The van der Waals surface area contributed by atoms with Gasteiger partial charge >= 0.3 is 5.97 Å². The molecule has 0 spiro atoms. The SMILES string of the molecule is O=C(O)C1CCCN1Cc1coc(-c2ccc(F)cc2)n1. The van der Waals surface area contributed by atoms with Crippen molar-refractivity contribution in [3.8, 4) is 11.5 Å². The van der Waals surface area contributed by atoms with E-state index in [4.69, 9.17) is 9.52 Å². The number of aliphatic carboxylic acids is 1. The molecule has 1 aliphatic heterocycles. The molecule has 6 heteroatoms. The highest BCUT2D eigenvalue weighted by Crippen LogP contribution is 2.23. The molecule has 110 valence electrons. The predicted octanol–water partition coefficient (Wildman–Crippen LogP) is 2.53. The van der Waals surface area contributed by atoms with Crippen LogP contribution < -0.4 is 0 Å². The Kier molecular flexibility index (Phi) is 3.70. The van der Waals surface area contributed by atoms with Gasteiger partial charge in [0.1, 0.15) is 18.1 Å². The first-order chi connectivity index (χ1) is 10.1. The number of rotatable bonds is 4. The maximum absolute atomic E-state index is 12.9. The number of carboxylic acids is 1. The van der Waals surface area contributed by atoms with Gasteiger partial charge in [-0.1, -0.05) is 0 Å². The van der Waals surface area contributed by atoms with E-state index in [2.05, 4.69) is 4.98 Å². The van der Waals surface area contributed by atoms with Crippen molar-refractivity contribution < 1.29 is 18.7 Å². The molecule has 0 bridgehead atoms. The van der Waals surface area contributed by atoms with E-state index in [0.717, 1.165) is 13.0 Å². The molecule has 1 aliphatic rings. The molecule has 0 aliphatic carbocycles. The van der Waals surface area contributed by atoms with Crippen LogP contribution in [0.4, 0.5) is 4.39 Å². The third kappa shape index (κ3) is 2.95. The van der Waals surface area contributed by atoms with E-state index in [1.165, 1.54) is 18.4 Å². The first kappa shape index (κ1) is 13.8. The maximum Gasteiger partial charge on any atom is 0.320 e. The summed E-state index contributed by atoms with van der Waals surface area (Å²) in [6, 6.07) is 5.44. The van der Waals surface area contributed by atoms with E-state index in [0.29, 0.717) is 30.1 Å². The minimum Gasteiger partial charge on any atom is -0.480 e. The van der Waals surface area contributed by atoms with Crippen LogP contribution in [0.3, 0.4) is 0 Å². The molecule has 3 rings (SSSR count). The molecule has 1 aromatic heterocycles. The molecular weight excluding hydrogens is 275 g/mol. The molecule has 2 aromatic rings. The molecule has 0 radical (unpaired) electrons. The van der Waals surface area contributed by atoms with Gasteiger partial charge < -0.3 is 9.52 Å². The maximum atomic E-state index is 12.9. The fourth-order valence-corrected chi connectivity index (χ4v) is 2.61. The highest BCUT2D eigenvalue weighted by molar-refractivity contribution is 5.73. The molecule has 1 saturated heterocycles. The predicted molar refractivity (Wildman–Crippen MR) is 73.0 cm³/mol. The van der Waals surface area contributed by atoms with Gasteiger partial charge in [-0.3, -0.25) is 9.69 Å². The van der Waals surface area contributed by atoms with Crippen LogP contribution >= 0.6 is 0 Å². The fraction of sp³-hybridized carbons (Fsp3) is 0.333. The molecule has 1 atom stereocenters. The Morgan fingerprint density at radius 2 is 2.19 bits per heavy atom. The van der Waals surface area contributed by atoms with Crippen LogP contribution in [-0.2, 0) is 11.3 Å². The zero-order chi connectivity index (χ0) is 14.8. The molecule has 1 aromatic carbocycles. The molecule has 2 heterocycles. The summed E-state index contributed by atoms with van der Waals surface area (Å²) in [5, 5.41) is 9.15. The van der Waals surface area contributed by atoms with E-state index in [9.17, 15) is 9.18 Å².